The molecule has 0 aliphatic carbocycles. The van der Waals surface area contributed by atoms with Gasteiger partial charge in [0.2, 0.25) is 0 Å². The molecular formula is C11H17N3O3. The SMILES string of the molecule is CCCCCN(C)C(=O)c1nc[nH]c1C(=O)O. The van der Waals surface area contributed by atoms with Gasteiger partial charge in [0.05, 0.1) is 6.33 Å². The predicted octanol–water partition coefficient (Wildman–Crippen LogP) is 1.37. The third-order valence-corrected chi connectivity index (χ3v) is 2.50. The molecule has 1 amide bonds. The molecule has 0 atom stereocenters. The Morgan fingerprint density at radius 2 is 2.18 bits per heavy atom. The van der Waals surface area contributed by atoms with Crippen molar-refractivity contribution in [3.8, 4) is 0 Å². The summed E-state index contributed by atoms with van der Waals surface area (Å²) >= 11 is 0. The number of carboxylic acids is 1. The van der Waals surface area contributed by atoms with Crippen LogP contribution in [0.4, 0.5) is 0 Å². The lowest BCUT2D eigenvalue weighted by atomic mass is 10.2. The molecule has 1 rings (SSSR count). The lowest BCUT2D eigenvalue weighted by Crippen LogP contribution is -2.29. The van der Waals surface area contributed by atoms with Crippen LogP contribution in [0, 0.1) is 0 Å². The maximum absolute atomic E-state index is 11.9. The van der Waals surface area contributed by atoms with Crippen LogP contribution in [0.15, 0.2) is 6.33 Å². The summed E-state index contributed by atoms with van der Waals surface area (Å²) in [4.78, 5) is 30.4. The van der Waals surface area contributed by atoms with Crippen molar-refractivity contribution in [1.29, 1.82) is 0 Å². The third-order valence-electron chi connectivity index (χ3n) is 2.50. The van der Waals surface area contributed by atoms with Gasteiger partial charge in [0.25, 0.3) is 5.91 Å². The molecule has 94 valence electrons. The molecule has 2 N–H and O–H groups in total. The average molecular weight is 239 g/mol. The Bertz CT molecular complexity index is 400. The van der Waals surface area contributed by atoms with E-state index in [-0.39, 0.29) is 17.3 Å². The van der Waals surface area contributed by atoms with Gasteiger partial charge in [-0.1, -0.05) is 19.8 Å². The number of amides is 1. The van der Waals surface area contributed by atoms with Crippen LogP contribution in [0.2, 0.25) is 0 Å². The second-order valence-corrected chi connectivity index (χ2v) is 3.87. The van der Waals surface area contributed by atoms with E-state index in [1.165, 1.54) is 11.2 Å². The summed E-state index contributed by atoms with van der Waals surface area (Å²) in [6, 6.07) is 0. The van der Waals surface area contributed by atoms with E-state index in [0.29, 0.717) is 6.54 Å². The zero-order valence-electron chi connectivity index (χ0n) is 10.1. The number of nitrogens with zero attached hydrogens (tertiary/aromatic N) is 2. The highest BCUT2D eigenvalue weighted by atomic mass is 16.4. The average Bonchev–Trinajstić information content (AvgIpc) is 2.77. The standard InChI is InChI=1S/C11H17N3O3/c1-3-4-5-6-14(2)10(15)8-9(11(16)17)13-7-12-8/h7H,3-6H2,1-2H3,(H,12,13)(H,16,17). The Balaban J connectivity index is 2.68. The van der Waals surface area contributed by atoms with Crippen LogP contribution in [-0.4, -0.2) is 45.4 Å². The first-order valence-corrected chi connectivity index (χ1v) is 5.60. The highest BCUT2D eigenvalue weighted by Crippen LogP contribution is 2.07. The number of carboxylic acid groups (broad SMARTS) is 1. The van der Waals surface area contributed by atoms with Gasteiger partial charge in [0.15, 0.2) is 11.4 Å². The zero-order chi connectivity index (χ0) is 12.8. The summed E-state index contributed by atoms with van der Waals surface area (Å²) in [5, 5.41) is 8.86. The van der Waals surface area contributed by atoms with Crippen molar-refractivity contribution in [3.63, 3.8) is 0 Å². The van der Waals surface area contributed by atoms with E-state index in [4.69, 9.17) is 5.11 Å². The van der Waals surface area contributed by atoms with E-state index in [2.05, 4.69) is 16.9 Å². The first-order valence-electron chi connectivity index (χ1n) is 5.60. The lowest BCUT2D eigenvalue weighted by molar-refractivity contribution is 0.0675. The molecule has 0 aliphatic rings. The normalized spacial score (nSPS) is 10.2. The molecule has 0 saturated carbocycles. The number of aromatic amines is 1. The van der Waals surface area contributed by atoms with Gasteiger partial charge in [0.1, 0.15) is 0 Å². The predicted molar refractivity (Wildman–Crippen MR) is 62.0 cm³/mol. The number of aromatic carboxylic acids is 1. The molecule has 0 radical (unpaired) electrons. The summed E-state index contributed by atoms with van der Waals surface area (Å²) in [5.74, 6) is -1.53. The number of nitrogens with one attached hydrogen (secondary N) is 1. The Morgan fingerprint density at radius 1 is 1.47 bits per heavy atom. The molecule has 0 aromatic carbocycles. The highest BCUT2D eigenvalue weighted by Gasteiger charge is 2.22. The molecule has 6 nitrogen and oxygen atoms in total. The monoisotopic (exact) mass is 239 g/mol. The number of hydrogen-bond donors (Lipinski definition) is 2. The van der Waals surface area contributed by atoms with Crippen LogP contribution < -0.4 is 0 Å². The van der Waals surface area contributed by atoms with Crippen LogP contribution in [0.1, 0.15) is 47.2 Å². The van der Waals surface area contributed by atoms with E-state index in [9.17, 15) is 9.59 Å². The second-order valence-electron chi connectivity index (χ2n) is 3.87. The van der Waals surface area contributed by atoms with E-state index < -0.39 is 5.97 Å². The van der Waals surface area contributed by atoms with Crippen molar-refractivity contribution in [2.45, 2.75) is 26.2 Å². The Kier molecular flexibility index (Phi) is 4.68. The fourth-order valence-corrected chi connectivity index (χ4v) is 1.50. The minimum Gasteiger partial charge on any atom is -0.477 e. The maximum Gasteiger partial charge on any atom is 0.354 e. The largest absolute Gasteiger partial charge is 0.477 e. The van der Waals surface area contributed by atoms with Crippen molar-refractivity contribution < 1.29 is 14.7 Å². The fourth-order valence-electron chi connectivity index (χ4n) is 1.50. The minimum absolute atomic E-state index is 0.0310. The molecule has 0 fully saturated rings. The molecule has 0 unspecified atom stereocenters. The number of unbranched alkanes of at least 4 members (excludes halogenated alkanes) is 2. The van der Waals surface area contributed by atoms with Gasteiger partial charge in [-0.15, -0.1) is 0 Å². The smallest absolute Gasteiger partial charge is 0.354 e. The first kappa shape index (κ1) is 13.2. The summed E-state index contributed by atoms with van der Waals surface area (Å²) in [7, 11) is 1.65. The first-order chi connectivity index (χ1) is 8.07. The molecule has 1 aromatic rings. The van der Waals surface area contributed by atoms with Gasteiger partial charge in [-0.25, -0.2) is 9.78 Å². The zero-order valence-corrected chi connectivity index (χ0v) is 10.1. The van der Waals surface area contributed by atoms with Gasteiger partial charge in [-0.2, -0.15) is 0 Å². The van der Waals surface area contributed by atoms with Crippen LogP contribution in [0.5, 0.6) is 0 Å². The Morgan fingerprint density at radius 3 is 2.76 bits per heavy atom. The molecule has 0 spiro atoms. The van der Waals surface area contributed by atoms with E-state index in [1.807, 2.05) is 0 Å². The van der Waals surface area contributed by atoms with E-state index >= 15 is 0 Å². The molecule has 1 aromatic heterocycles. The summed E-state index contributed by atoms with van der Waals surface area (Å²) in [6.45, 7) is 2.69. The van der Waals surface area contributed by atoms with Crippen LogP contribution in [0.25, 0.3) is 0 Å². The quantitative estimate of drug-likeness (QED) is 0.734. The number of rotatable bonds is 6. The third kappa shape index (κ3) is 3.30. The number of H-pyrrole nitrogens is 1. The summed E-state index contributed by atoms with van der Waals surface area (Å²) in [5.41, 5.74) is -0.186. The van der Waals surface area contributed by atoms with Crippen molar-refractivity contribution in [3.05, 3.63) is 17.7 Å². The van der Waals surface area contributed by atoms with Crippen molar-refractivity contribution in [1.82, 2.24) is 14.9 Å². The van der Waals surface area contributed by atoms with Crippen LogP contribution in [-0.2, 0) is 0 Å². The topological polar surface area (TPSA) is 86.3 Å². The van der Waals surface area contributed by atoms with Gasteiger partial charge in [-0.3, -0.25) is 4.79 Å². The number of carbonyl (C=O) groups excluding carboxylic acids is 1. The van der Waals surface area contributed by atoms with Crippen molar-refractivity contribution >= 4 is 11.9 Å². The summed E-state index contributed by atoms with van der Waals surface area (Å²) < 4.78 is 0. The molecule has 1 heterocycles. The van der Waals surface area contributed by atoms with Gasteiger partial charge in [-0.05, 0) is 6.42 Å². The number of carbonyl (C=O) groups is 2. The number of imidazole rings is 1. The summed E-state index contributed by atoms with van der Waals surface area (Å²) in [6.07, 6.45) is 4.25. The molecule has 6 heteroatoms. The van der Waals surface area contributed by atoms with Gasteiger partial charge >= 0.3 is 5.97 Å². The molecular weight excluding hydrogens is 222 g/mol. The second kappa shape index (κ2) is 6.03. The minimum atomic E-state index is -1.17. The van der Waals surface area contributed by atoms with E-state index in [1.54, 1.807) is 7.05 Å². The van der Waals surface area contributed by atoms with E-state index in [0.717, 1.165) is 19.3 Å². The van der Waals surface area contributed by atoms with Crippen molar-refractivity contribution in [2.24, 2.45) is 0 Å². The van der Waals surface area contributed by atoms with Gasteiger partial charge < -0.3 is 15.0 Å². The Hall–Kier alpha value is -1.85. The highest BCUT2D eigenvalue weighted by molar-refractivity contribution is 6.02. The van der Waals surface area contributed by atoms with Crippen LogP contribution in [0.3, 0.4) is 0 Å². The molecule has 0 saturated heterocycles. The number of aromatic nitrogens is 2. The maximum atomic E-state index is 11.9. The van der Waals surface area contributed by atoms with Crippen LogP contribution >= 0.6 is 0 Å². The van der Waals surface area contributed by atoms with Gasteiger partial charge in [0, 0.05) is 13.6 Å². The Labute approximate surface area is 99.7 Å². The van der Waals surface area contributed by atoms with Crippen molar-refractivity contribution in [2.75, 3.05) is 13.6 Å². The lowest BCUT2D eigenvalue weighted by Gasteiger charge is -2.15. The number of hydrogen-bond acceptors (Lipinski definition) is 3. The molecule has 17 heavy (non-hydrogen) atoms. The molecule has 0 bridgehead atoms. The molecule has 0 aliphatic heterocycles. The fraction of sp³-hybridized carbons (Fsp3) is 0.545.